The van der Waals surface area contributed by atoms with Gasteiger partial charge in [-0.05, 0) is 24.6 Å². The third-order valence-electron chi connectivity index (χ3n) is 3.50. The SMILES string of the molecule is CCN(CC(N)(C#N)c1ccccc1)c1ccccc1F. The Morgan fingerprint density at radius 2 is 1.76 bits per heavy atom. The Bertz CT molecular complexity index is 636. The molecule has 0 aromatic heterocycles. The minimum Gasteiger partial charge on any atom is -0.366 e. The van der Waals surface area contributed by atoms with Gasteiger partial charge in [-0.2, -0.15) is 5.26 Å². The zero-order valence-corrected chi connectivity index (χ0v) is 12.0. The Morgan fingerprint density at radius 3 is 2.33 bits per heavy atom. The lowest BCUT2D eigenvalue weighted by atomic mass is 9.91. The second-order valence-corrected chi connectivity index (χ2v) is 4.91. The van der Waals surface area contributed by atoms with Crippen LogP contribution in [-0.4, -0.2) is 13.1 Å². The van der Waals surface area contributed by atoms with E-state index in [9.17, 15) is 9.65 Å². The van der Waals surface area contributed by atoms with Crippen LogP contribution in [0.3, 0.4) is 0 Å². The van der Waals surface area contributed by atoms with Crippen LogP contribution in [-0.2, 0) is 5.54 Å². The van der Waals surface area contributed by atoms with Gasteiger partial charge in [0.25, 0.3) is 0 Å². The maximum atomic E-state index is 13.9. The fourth-order valence-electron chi connectivity index (χ4n) is 2.30. The van der Waals surface area contributed by atoms with Gasteiger partial charge in [0.15, 0.2) is 0 Å². The summed E-state index contributed by atoms with van der Waals surface area (Å²) in [5.41, 5.74) is 6.26. The summed E-state index contributed by atoms with van der Waals surface area (Å²) in [5, 5.41) is 9.50. The fourth-order valence-corrected chi connectivity index (χ4v) is 2.30. The Hall–Kier alpha value is -2.38. The van der Waals surface area contributed by atoms with E-state index in [4.69, 9.17) is 5.73 Å². The molecule has 0 spiro atoms. The number of para-hydroxylation sites is 1. The molecular formula is C17H18FN3. The summed E-state index contributed by atoms with van der Waals surface area (Å²) in [4.78, 5) is 1.78. The van der Waals surface area contributed by atoms with Crippen molar-refractivity contribution >= 4 is 5.69 Å². The minimum absolute atomic E-state index is 0.227. The molecule has 0 aliphatic carbocycles. The highest BCUT2D eigenvalue weighted by molar-refractivity contribution is 5.49. The van der Waals surface area contributed by atoms with Crippen molar-refractivity contribution in [2.75, 3.05) is 18.0 Å². The molecule has 0 aliphatic rings. The van der Waals surface area contributed by atoms with Gasteiger partial charge in [0.1, 0.15) is 11.4 Å². The quantitative estimate of drug-likeness (QED) is 0.917. The monoisotopic (exact) mass is 283 g/mol. The molecule has 2 rings (SSSR count). The van der Waals surface area contributed by atoms with Crippen molar-refractivity contribution in [2.24, 2.45) is 5.73 Å². The average Bonchev–Trinajstić information content (AvgIpc) is 2.54. The Labute approximate surface area is 124 Å². The highest BCUT2D eigenvalue weighted by atomic mass is 19.1. The number of nitriles is 1. The molecule has 1 atom stereocenters. The number of anilines is 1. The van der Waals surface area contributed by atoms with Crippen LogP contribution >= 0.6 is 0 Å². The predicted octanol–water partition coefficient (Wildman–Crippen LogP) is 3.03. The van der Waals surface area contributed by atoms with Crippen LogP contribution in [0.5, 0.6) is 0 Å². The minimum atomic E-state index is -1.18. The summed E-state index contributed by atoms with van der Waals surface area (Å²) >= 11 is 0. The van der Waals surface area contributed by atoms with E-state index in [2.05, 4.69) is 6.07 Å². The fraction of sp³-hybridized carbons (Fsp3) is 0.235. The molecule has 0 saturated heterocycles. The summed E-state index contributed by atoms with van der Waals surface area (Å²) in [6, 6.07) is 17.9. The predicted molar refractivity (Wildman–Crippen MR) is 82.2 cm³/mol. The lowest BCUT2D eigenvalue weighted by Gasteiger charge is -2.31. The average molecular weight is 283 g/mol. The van der Waals surface area contributed by atoms with E-state index in [1.807, 2.05) is 37.3 Å². The number of halogens is 1. The Morgan fingerprint density at radius 1 is 1.14 bits per heavy atom. The third kappa shape index (κ3) is 3.21. The molecule has 2 aromatic carbocycles. The van der Waals surface area contributed by atoms with E-state index in [0.29, 0.717) is 12.2 Å². The van der Waals surface area contributed by atoms with Crippen LogP contribution in [0.4, 0.5) is 10.1 Å². The van der Waals surface area contributed by atoms with E-state index in [1.165, 1.54) is 6.07 Å². The standard InChI is InChI=1S/C17H18FN3/c1-2-21(16-11-7-6-10-15(16)18)13-17(20,12-19)14-8-4-3-5-9-14/h3-11H,2,13,20H2,1H3. The van der Waals surface area contributed by atoms with Gasteiger partial charge >= 0.3 is 0 Å². The van der Waals surface area contributed by atoms with Crippen LogP contribution in [0.1, 0.15) is 12.5 Å². The van der Waals surface area contributed by atoms with Gasteiger partial charge in [-0.3, -0.25) is 0 Å². The molecule has 0 heterocycles. The molecular weight excluding hydrogens is 265 g/mol. The van der Waals surface area contributed by atoms with Crippen molar-refractivity contribution < 1.29 is 4.39 Å². The first-order chi connectivity index (χ1) is 10.1. The Balaban J connectivity index is 2.33. The topological polar surface area (TPSA) is 53.0 Å². The van der Waals surface area contributed by atoms with E-state index in [-0.39, 0.29) is 12.4 Å². The number of hydrogen-bond acceptors (Lipinski definition) is 3. The third-order valence-corrected chi connectivity index (χ3v) is 3.50. The summed E-state index contributed by atoms with van der Waals surface area (Å²) in [7, 11) is 0. The van der Waals surface area contributed by atoms with Gasteiger partial charge in [-0.25, -0.2) is 4.39 Å². The normalized spacial score (nSPS) is 13.2. The number of nitrogens with zero attached hydrogens (tertiary/aromatic N) is 2. The van der Waals surface area contributed by atoms with Crippen LogP contribution < -0.4 is 10.6 Å². The zero-order valence-electron chi connectivity index (χ0n) is 12.0. The van der Waals surface area contributed by atoms with Gasteiger partial charge in [-0.15, -0.1) is 0 Å². The summed E-state index contributed by atoms with van der Waals surface area (Å²) < 4.78 is 13.9. The zero-order chi connectivity index (χ0) is 15.3. The first kappa shape index (κ1) is 15.0. The molecule has 0 aliphatic heterocycles. The van der Waals surface area contributed by atoms with Crippen molar-refractivity contribution in [1.29, 1.82) is 5.26 Å². The van der Waals surface area contributed by atoms with Crippen LogP contribution in [0.25, 0.3) is 0 Å². The van der Waals surface area contributed by atoms with E-state index >= 15 is 0 Å². The summed E-state index contributed by atoms with van der Waals surface area (Å²) in [5.74, 6) is -0.312. The number of nitrogens with two attached hydrogens (primary N) is 1. The smallest absolute Gasteiger partial charge is 0.147 e. The molecule has 21 heavy (non-hydrogen) atoms. The molecule has 0 radical (unpaired) electrons. The molecule has 3 nitrogen and oxygen atoms in total. The largest absolute Gasteiger partial charge is 0.366 e. The molecule has 0 saturated carbocycles. The maximum Gasteiger partial charge on any atom is 0.147 e. The number of benzene rings is 2. The second-order valence-electron chi connectivity index (χ2n) is 4.91. The summed E-state index contributed by atoms with van der Waals surface area (Å²) in [6.45, 7) is 2.70. The number of hydrogen-bond donors (Lipinski definition) is 1. The van der Waals surface area contributed by atoms with E-state index in [0.717, 1.165) is 5.56 Å². The molecule has 108 valence electrons. The molecule has 0 fully saturated rings. The van der Waals surface area contributed by atoms with E-state index < -0.39 is 5.54 Å². The molecule has 4 heteroatoms. The molecule has 0 amide bonds. The van der Waals surface area contributed by atoms with Crippen molar-refractivity contribution in [3.63, 3.8) is 0 Å². The molecule has 2 N–H and O–H groups in total. The lowest BCUT2D eigenvalue weighted by molar-refractivity contribution is 0.546. The van der Waals surface area contributed by atoms with E-state index in [1.54, 1.807) is 23.1 Å². The Kier molecular flexibility index (Phi) is 4.56. The number of rotatable bonds is 5. The summed E-state index contributed by atoms with van der Waals surface area (Å²) in [6.07, 6.45) is 0. The molecule has 0 bridgehead atoms. The highest BCUT2D eigenvalue weighted by Crippen LogP contribution is 2.24. The molecule has 2 aromatic rings. The highest BCUT2D eigenvalue weighted by Gasteiger charge is 2.30. The van der Waals surface area contributed by atoms with Crippen LogP contribution in [0, 0.1) is 17.1 Å². The van der Waals surface area contributed by atoms with Crippen molar-refractivity contribution in [2.45, 2.75) is 12.5 Å². The van der Waals surface area contributed by atoms with Crippen LogP contribution in [0.2, 0.25) is 0 Å². The van der Waals surface area contributed by atoms with Gasteiger partial charge in [0, 0.05) is 6.54 Å². The van der Waals surface area contributed by atoms with Crippen molar-refractivity contribution in [3.05, 3.63) is 66.0 Å². The first-order valence-corrected chi connectivity index (χ1v) is 6.86. The second kappa shape index (κ2) is 6.38. The first-order valence-electron chi connectivity index (χ1n) is 6.86. The van der Waals surface area contributed by atoms with Crippen molar-refractivity contribution in [1.82, 2.24) is 0 Å². The lowest BCUT2D eigenvalue weighted by Crippen LogP contribution is -2.47. The van der Waals surface area contributed by atoms with Crippen molar-refractivity contribution in [3.8, 4) is 6.07 Å². The number of likely N-dealkylation sites (N-methyl/N-ethyl adjacent to an activating group) is 1. The maximum absolute atomic E-state index is 13.9. The van der Waals surface area contributed by atoms with Gasteiger partial charge in [0.05, 0.1) is 18.3 Å². The van der Waals surface area contributed by atoms with Gasteiger partial charge in [-0.1, -0.05) is 42.5 Å². The van der Waals surface area contributed by atoms with Crippen LogP contribution in [0.15, 0.2) is 54.6 Å². The molecule has 1 unspecified atom stereocenters. The van der Waals surface area contributed by atoms with Gasteiger partial charge in [0.2, 0.25) is 0 Å². The van der Waals surface area contributed by atoms with Gasteiger partial charge < -0.3 is 10.6 Å².